The molecule has 0 spiro atoms. The average molecular weight is 301 g/mol. The van der Waals surface area contributed by atoms with E-state index in [-0.39, 0.29) is 18.0 Å². The number of nitrogens with one attached hydrogen (secondary N) is 1. The van der Waals surface area contributed by atoms with Crippen molar-refractivity contribution in [2.45, 2.75) is 44.2 Å². The van der Waals surface area contributed by atoms with E-state index in [4.69, 9.17) is 28.9 Å². The van der Waals surface area contributed by atoms with Gasteiger partial charge in [0.1, 0.15) is 0 Å². The number of rotatable bonds is 2. The Morgan fingerprint density at radius 2 is 1.95 bits per heavy atom. The first-order valence-electron chi connectivity index (χ1n) is 6.59. The van der Waals surface area contributed by atoms with Gasteiger partial charge in [-0.1, -0.05) is 42.5 Å². The van der Waals surface area contributed by atoms with Gasteiger partial charge in [-0.05, 0) is 31.0 Å². The van der Waals surface area contributed by atoms with Crippen LogP contribution in [0, 0.1) is 0 Å². The molecule has 0 bridgehead atoms. The number of amides is 1. The van der Waals surface area contributed by atoms with E-state index in [9.17, 15) is 4.79 Å². The second kappa shape index (κ2) is 6.60. The van der Waals surface area contributed by atoms with Gasteiger partial charge in [0.05, 0.1) is 10.6 Å². The summed E-state index contributed by atoms with van der Waals surface area (Å²) in [6.07, 6.45) is 5.31. The molecule has 0 heterocycles. The van der Waals surface area contributed by atoms with Crippen LogP contribution in [0.15, 0.2) is 18.2 Å². The van der Waals surface area contributed by atoms with Crippen LogP contribution in [0.2, 0.25) is 10.0 Å². The zero-order valence-corrected chi connectivity index (χ0v) is 12.2. The van der Waals surface area contributed by atoms with Crippen LogP contribution in [0.3, 0.4) is 0 Å². The first-order valence-corrected chi connectivity index (χ1v) is 7.35. The molecule has 3 nitrogen and oxygen atoms in total. The third-order valence-electron chi connectivity index (χ3n) is 3.56. The highest BCUT2D eigenvalue weighted by molar-refractivity contribution is 6.36. The van der Waals surface area contributed by atoms with E-state index in [1.807, 2.05) is 0 Å². The van der Waals surface area contributed by atoms with Crippen molar-refractivity contribution >= 4 is 29.1 Å². The molecule has 19 heavy (non-hydrogen) atoms. The second-order valence-corrected chi connectivity index (χ2v) is 5.85. The van der Waals surface area contributed by atoms with Crippen molar-refractivity contribution in [2.75, 3.05) is 0 Å². The van der Waals surface area contributed by atoms with Crippen molar-refractivity contribution in [2.24, 2.45) is 5.73 Å². The molecule has 0 saturated heterocycles. The summed E-state index contributed by atoms with van der Waals surface area (Å²) in [6, 6.07) is 4.93. The molecule has 0 aliphatic heterocycles. The Balaban J connectivity index is 2.07. The largest absolute Gasteiger partial charge is 0.348 e. The summed E-state index contributed by atoms with van der Waals surface area (Å²) < 4.78 is 0. The minimum absolute atomic E-state index is 0.0255. The highest BCUT2D eigenvalue weighted by atomic mass is 35.5. The topological polar surface area (TPSA) is 55.1 Å². The minimum atomic E-state index is -0.177. The van der Waals surface area contributed by atoms with Crippen LogP contribution in [0.4, 0.5) is 0 Å². The summed E-state index contributed by atoms with van der Waals surface area (Å²) in [6.45, 7) is 0. The molecule has 0 aromatic heterocycles. The molecule has 0 radical (unpaired) electrons. The Hall–Kier alpha value is -0.770. The first kappa shape index (κ1) is 14.6. The van der Waals surface area contributed by atoms with E-state index in [0.29, 0.717) is 15.6 Å². The fourth-order valence-corrected chi connectivity index (χ4v) is 2.93. The Bertz CT molecular complexity index is 465. The molecule has 1 aromatic carbocycles. The van der Waals surface area contributed by atoms with Gasteiger partial charge in [-0.15, -0.1) is 0 Å². The summed E-state index contributed by atoms with van der Waals surface area (Å²) in [5, 5.41) is 3.88. The normalized spacial score (nSPS) is 23.7. The predicted molar refractivity (Wildman–Crippen MR) is 78.8 cm³/mol. The van der Waals surface area contributed by atoms with Crippen LogP contribution in [-0.2, 0) is 0 Å². The summed E-state index contributed by atoms with van der Waals surface area (Å²) in [5.41, 5.74) is 6.55. The number of benzene rings is 1. The van der Waals surface area contributed by atoms with Gasteiger partial charge in [0.25, 0.3) is 5.91 Å². The zero-order chi connectivity index (χ0) is 13.8. The molecule has 1 fully saturated rings. The van der Waals surface area contributed by atoms with E-state index >= 15 is 0 Å². The van der Waals surface area contributed by atoms with Crippen molar-refractivity contribution in [1.29, 1.82) is 0 Å². The zero-order valence-electron chi connectivity index (χ0n) is 10.7. The lowest BCUT2D eigenvalue weighted by atomic mass is 10.0. The molecular formula is C14H18Cl2N2O. The summed E-state index contributed by atoms with van der Waals surface area (Å²) in [5.74, 6) is -0.177. The van der Waals surface area contributed by atoms with Crippen molar-refractivity contribution in [1.82, 2.24) is 5.32 Å². The number of carbonyl (C=O) groups is 1. The number of hydrogen-bond donors (Lipinski definition) is 2. The van der Waals surface area contributed by atoms with Crippen LogP contribution in [0.25, 0.3) is 0 Å². The quantitative estimate of drug-likeness (QED) is 0.823. The number of nitrogens with two attached hydrogens (primary N) is 1. The van der Waals surface area contributed by atoms with Crippen molar-refractivity contribution in [3.05, 3.63) is 33.8 Å². The van der Waals surface area contributed by atoms with Gasteiger partial charge in [0.15, 0.2) is 0 Å². The SMILES string of the molecule is NC1CCCCCC1NC(=O)c1ccc(Cl)cc1Cl. The molecule has 2 atom stereocenters. The molecule has 1 saturated carbocycles. The van der Waals surface area contributed by atoms with Gasteiger partial charge < -0.3 is 11.1 Å². The summed E-state index contributed by atoms with van der Waals surface area (Å²) >= 11 is 11.9. The fraction of sp³-hybridized carbons (Fsp3) is 0.500. The van der Waals surface area contributed by atoms with E-state index in [1.54, 1.807) is 18.2 Å². The average Bonchev–Trinajstić information content (AvgIpc) is 2.55. The van der Waals surface area contributed by atoms with Gasteiger partial charge in [-0.3, -0.25) is 4.79 Å². The highest BCUT2D eigenvalue weighted by Gasteiger charge is 2.23. The van der Waals surface area contributed by atoms with E-state index in [2.05, 4.69) is 5.32 Å². The maximum absolute atomic E-state index is 12.2. The molecule has 1 aliphatic carbocycles. The summed E-state index contributed by atoms with van der Waals surface area (Å²) in [4.78, 5) is 12.2. The van der Waals surface area contributed by atoms with Crippen LogP contribution in [-0.4, -0.2) is 18.0 Å². The van der Waals surface area contributed by atoms with Gasteiger partial charge in [-0.2, -0.15) is 0 Å². The molecule has 2 unspecified atom stereocenters. The molecule has 3 N–H and O–H groups in total. The van der Waals surface area contributed by atoms with Gasteiger partial charge in [0, 0.05) is 17.1 Å². The van der Waals surface area contributed by atoms with Crippen LogP contribution >= 0.6 is 23.2 Å². The van der Waals surface area contributed by atoms with Crippen molar-refractivity contribution in [3.8, 4) is 0 Å². The van der Waals surface area contributed by atoms with Crippen LogP contribution in [0.5, 0.6) is 0 Å². The predicted octanol–water partition coefficient (Wildman–Crippen LogP) is 3.38. The lowest BCUT2D eigenvalue weighted by Crippen LogP contribution is -2.47. The Morgan fingerprint density at radius 3 is 2.68 bits per heavy atom. The smallest absolute Gasteiger partial charge is 0.253 e. The minimum Gasteiger partial charge on any atom is -0.348 e. The molecular weight excluding hydrogens is 283 g/mol. The standard InChI is InChI=1S/C14H18Cl2N2O/c15-9-6-7-10(11(16)8-9)14(19)18-13-5-3-1-2-4-12(13)17/h6-8,12-13H,1-5,17H2,(H,18,19). The molecule has 1 amide bonds. The number of halogens is 2. The molecule has 2 rings (SSSR count). The fourth-order valence-electron chi connectivity index (χ4n) is 2.44. The molecule has 5 heteroatoms. The molecule has 104 valence electrons. The Morgan fingerprint density at radius 1 is 1.21 bits per heavy atom. The van der Waals surface area contributed by atoms with Gasteiger partial charge >= 0.3 is 0 Å². The third kappa shape index (κ3) is 3.85. The lowest BCUT2D eigenvalue weighted by Gasteiger charge is -2.23. The first-order chi connectivity index (χ1) is 9.08. The highest BCUT2D eigenvalue weighted by Crippen LogP contribution is 2.22. The second-order valence-electron chi connectivity index (χ2n) is 5.01. The van der Waals surface area contributed by atoms with Crippen molar-refractivity contribution in [3.63, 3.8) is 0 Å². The third-order valence-corrected chi connectivity index (χ3v) is 4.11. The van der Waals surface area contributed by atoms with Crippen LogP contribution in [0.1, 0.15) is 42.5 Å². The van der Waals surface area contributed by atoms with Crippen LogP contribution < -0.4 is 11.1 Å². The maximum Gasteiger partial charge on any atom is 0.253 e. The van der Waals surface area contributed by atoms with Gasteiger partial charge in [-0.25, -0.2) is 0 Å². The molecule has 1 aliphatic rings. The van der Waals surface area contributed by atoms with E-state index < -0.39 is 0 Å². The Kier molecular flexibility index (Phi) is 5.08. The number of hydrogen-bond acceptors (Lipinski definition) is 2. The number of carbonyl (C=O) groups excluding carboxylic acids is 1. The monoisotopic (exact) mass is 300 g/mol. The lowest BCUT2D eigenvalue weighted by molar-refractivity contribution is 0.0929. The maximum atomic E-state index is 12.2. The van der Waals surface area contributed by atoms with E-state index in [1.165, 1.54) is 6.42 Å². The van der Waals surface area contributed by atoms with Gasteiger partial charge in [0.2, 0.25) is 0 Å². The van der Waals surface area contributed by atoms with Crippen molar-refractivity contribution < 1.29 is 4.79 Å². The summed E-state index contributed by atoms with van der Waals surface area (Å²) in [7, 11) is 0. The Labute approximate surface area is 123 Å². The van der Waals surface area contributed by atoms with E-state index in [0.717, 1.165) is 25.7 Å². The molecule has 1 aromatic rings.